The van der Waals surface area contributed by atoms with Gasteiger partial charge in [0, 0.05) is 0 Å². The summed E-state index contributed by atoms with van der Waals surface area (Å²) in [5.41, 5.74) is 0. The SMILES string of the molecule is CCCCCCCCCC[C@H]1C[C@H](C[C@H](O)CO)C(=O)O1. The molecule has 0 aromatic rings. The first-order valence-electron chi connectivity index (χ1n) is 8.66. The van der Waals surface area contributed by atoms with Crippen LogP contribution < -0.4 is 0 Å². The number of esters is 1. The van der Waals surface area contributed by atoms with Gasteiger partial charge in [-0.1, -0.05) is 51.9 Å². The van der Waals surface area contributed by atoms with Gasteiger partial charge in [-0.05, 0) is 25.7 Å². The smallest absolute Gasteiger partial charge is 0.309 e. The molecule has 0 radical (unpaired) electrons. The molecule has 0 aromatic carbocycles. The topological polar surface area (TPSA) is 66.8 Å². The lowest BCUT2D eigenvalue weighted by Gasteiger charge is -2.10. The van der Waals surface area contributed by atoms with Gasteiger partial charge in [0.25, 0.3) is 0 Å². The molecular weight excluding hydrogens is 268 g/mol. The van der Waals surface area contributed by atoms with Crippen LogP contribution in [0.3, 0.4) is 0 Å². The van der Waals surface area contributed by atoms with Crippen molar-refractivity contribution in [2.24, 2.45) is 5.92 Å². The summed E-state index contributed by atoms with van der Waals surface area (Å²) in [7, 11) is 0. The summed E-state index contributed by atoms with van der Waals surface area (Å²) in [6, 6.07) is 0. The van der Waals surface area contributed by atoms with E-state index in [2.05, 4.69) is 6.92 Å². The van der Waals surface area contributed by atoms with Gasteiger partial charge < -0.3 is 14.9 Å². The second-order valence-corrected chi connectivity index (χ2v) is 6.33. The Morgan fingerprint density at radius 2 is 1.76 bits per heavy atom. The third-order valence-corrected chi connectivity index (χ3v) is 4.31. The highest BCUT2D eigenvalue weighted by Crippen LogP contribution is 2.28. The van der Waals surface area contributed by atoms with Crippen LogP contribution in [0, 0.1) is 5.92 Å². The molecule has 0 aromatic heterocycles. The number of carbonyl (C=O) groups excluding carboxylic acids is 1. The van der Waals surface area contributed by atoms with Crippen molar-refractivity contribution in [1.29, 1.82) is 0 Å². The Hall–Kier alpha value is -0.610. The molecule has 1 fully saturated rings. The zero-order valence-corrected chi connectivity index (χ0v) is 13.4. The summed E-state index contributed by atoms with van der Waals surface area (Å²) in [6.45, 7) is 1.95. The summed E-state index contributed by atoms with van der Waals surface area (Å²) < 4.78 is 5.35. The molecule has 0 amide bonds. The van der Waals surface area contributed by atoms with E-state index in [1.807, 2.05) is 0 Å². The summed E-state index contributed by atoms with van der Waals surface area (Å²) in [5, 5.41) is 18.2. The molecule has 21 heavy (non-hydrogen) atoms. The highest BCUT2D eigenvalue weighted by molar-refractivity contribution is 5.74. The van der Waals surface area contributed by atoms with Crippen LogP contribution in [0.15, 0.2) is 0 Å². The van der Waals surface area contributed by atoms with Crippen molar-refractivity contribution in [2.45, 2.75) is 89.8 Å². The molecular formula is C17H32O4. The van der Waals surface area contributed by atoms with E-state index in [9.17, 15) is 9.90 Å². The van der Waals surface area contributed by atoms with E-state index < -0.39 is 6.10 Å². The Balaban J connectivity index is 2.02. The van der Waals surface area contributed by atoms with Crippen LogP contribution in [-0.4, -0.2) is 35.0 Å². The van der Waals surface area contributed by atoms with Gasteiger partial charge in [-0.25, -0.2) is 0 Å². The molecule has 3 atom stereocenters. The van der Waals surface area contributed by atoms with Gasteiger partial charge in [-0.15, -0.1) is 0 Å². The van der Waals surface area contributed by atoms with Gasteiger partial charge in [-0.3, -0.25) is 4.79 Å². The third kappa shape index (κ3) is 7.82. The molecule has 1 saturated heterocycles. The minimum atomic E-state index is -0.801. The lowest BCUT2D eigenvalue weighted by atomic mass is 9.96. The van der Waals surface area contributed by atoms with Crippen molar-refractivity contribution in [3.8, 4) is 0 Å². The van der Waals surface area contributed by atoms with Gasteiger partial charge in [0.05, 0.1) is 18.6 Å². The number of ether oxygens (including phenoxy) is 1. The van der Waals surface area contributed by atoms with Gasteiger partial charge in [-0.2, -0.15) is 0 Å². The van der Waals surface area contributed by atoms with E-state index in [0.29, 0.717) is 12.8 Å². The molecule has 2 N–H and O–H groups in total. The number of hydrogen-bond acceptors (Lipinski definition) is 4. The molecule has 4 heteroatoms. The van der Waals surface area contributed by atoms with Gasteiger partial charge in [0.15, 0.2) is 0 Å². The number of carbonyl (C=O) groups is 1. The summed E-state index contributed by atoms with van der Waals surface area (Å²) in [6.07, 6.45) is 11.4. The standard InChI is InChI=1S/C17H32O4/c1-2-3-4-5-6-7-8-9-10-16-12-14(17(20)21-16)11-15(19)13-18/h14-16,18-19H,2-13H2,1H3/t14-,15-,16-/m0/s1. The lowest BCUT2D eigenvalue weighted by molar-refractivity contribution is -0.145. The van der Waals surface area contributed by atoms with E-state index >= 15 is 0 Å². The Labute approximate surface area is 128 Å². The first-order valence-corrected chi connectivity index (χ1v) is 8.66. The quantitative estimate of drug-likeness (QED) is 0.429. The van der Waals surface area contributed by atoms with Gasteiger partial charge >= 0.3 is 5.97 Å². The number of cyclic esters (lactones) is 1. The minimum absolute atomic E-state index is 0.0217. The zero-order valence-electron chi connectivity index (χ0n) is 13.4. The van der Waals surface area contributed by atoms with Crippen LogP contribution >= 0.6 is 0 Å². The monoisotopic (exact) mass is 300 g/mol. The van der Waals surface area contributed by atoms with E-state index in [1.54, 1.807) is 0 Å². The maximum atomic E-state index is 11.7. The Morgan fingerprint density at radius 3 is 2.38 bits per heavy atom. The predicted molar refractivity (Wildman–Crippen MR) is 82.9 cm³/mol. The van der Waals surface area contributed by atoms with Crippen molar-refractivity contribution in [3.63, 3.8) is 0 Å². The fraction of sp³-hybridized carbons (Fsp3) is 0.941. The lowest BCUT2D eigenvalue weighted by Crippen LogP contribution is -2.20. The predicted octanol–water partition coefficient (Wildman–Crippen LogP) is 3.19. The van der Waals surface area contributed by atoms with Crippen LogP contribution in [0.25, 0.3) is 0 Å². The molecule has 1 aliphatic rings. The first kappa shape index (κ1) is 18.4. The van der Waals surface area contributed by atoms with Crippen LogP contribution in [0.2, 0.25) is 0 Å². The maximum Gasteiger partial charge on any atom is 0.309 e. The Morgan fingerprint density at radius 1 is 1.14 bits per heavy atom. The Bertz CT molecular complexity index is 280. The fourth-order valence-electron chi connectivity index (χ4n) is 3.00. The average molecular weight is 300 g/mol. The molecule has 124 valence electrons. The number of hydrogen-bond donors (Lipinski definition) is 2. The van der Waals surface area contributed by atoms with Crippen LogP contribution in [0.4, 0.5) is 0 Å². The van der Waals surface area contributed by atoms with E-state index in [-0.39, 0.29) is 24.6 Å². The molecule has 1 aliphatic heterocycles. The van der Waals surface area contributed by atoms with Crippen LogP contribution in [0.1, 0.15) is 77.6 Å². The van der Waals surface area contributed by atoms with Crippen molar-refractivity contribution in [1.82, 2.24) is 0 Å². The highest BCUT2D eigenvalue weighted by atomic mass is 16.5. The zero-order chi connectivity index (χ0) is 15.5. The van der Waals surface area contributed by atoms with Crippen molar-refractivity contribution >= 4 is 5.97 Å². The normalized spacial score (nSPS) is 23.3. The second kappa shape index (κ2) is 11.0. The molecule has 0 bridgehead atoms. The molecule has 1 heterocycles. The minimum Gasteiger partial charge on any atom is -0.462 e. The van der Waals surface area contributed by atoms with Crippen molar-refractivity contribution in [3.05, 3.63) is 0 Å². The van der Waals surface area contributed by atoms with Crippen LogP contribution in [-0.2, 0) is 9.53 Å². The second-order valence-electron chi connectivity index (χ2n) is 6.33. The van der Waals surface area contributed by atoms with Gasteiger partial charge in [0.2, 0.25) is 0 Å². The molecule has 0 unspecified atom stereocenters. The molecule has 4 nitrogen and oxygen atoms in total. The van der Waals surface area contributed by atoms with Crippen molar-refractivity contribution < 1.29 is 19.7 Å². The highest BCUT2D eigenvalue weighted by Gasteiger charge is 2.34. The van der Waals surface area contributed by atoms with E-state index in [4.69, 9.17) is 9.84 Å². The average Bonchev–Trinajstić information content (AvgIpc) is 2.82. The van der Waals surface area contributed by atoms with E-state index in [0.717, 1.165) is 12.8 Å². The molecule has 0 saturated carbocycles. The Kier molecular flexibility index (Phi) is 9.68. The largest absolute Gasteiger partial charge is 0.462 e. The maximum absolute atomic E-state index is 11.7. The van der Waals surface area contributed by atoms with Crippen LogP contribution in [0.5, 0.6) is 0 Å². The number of aliphatic hydroxyl groups excluding tert-OH is 2. The van der Waals surface area contributed by atoms with Gasteiger partial charge in [0.1, 0.15) is 6.10 Å². The summed E-state index contributed by atoms with van der Waals surface area (Å²) in [5.74, 6) is -0.432. The molecule has 0 aliphatic carbocycles. The third-order valence-electron chi connectivity index (χ3n) is 4.31. The number of unbranched alkanes of at least 4 members (excludes halogenated alkanes) is 7. The van der Waals surface area contributed by atoms with E-state index in [1.165, 1.54) is 44.9 Å². The summed E-state index contributed by atoms with van der Waals surface area (Å²) >= 11 is 0. The number of aliphatic hydroxyl groups is 2. The molecule has 0 spiro atoms. The first-order chi connectivity index (χ1) is 10.2. The summed E-state index contributed by atoms with van der Waals surface area (Å²) in [4.78, 5) is 11.7. The molecule has 1 rings (SSSR count). The van der Waals surface area contributed by atoms with Crippen molar-refractivity contribution in [2.75, 3.05) is 6.61 Å². The fourth-order valence-corrected chi connectivity index (χ4v) is 3.00. The number of rotatable bonds is 12.